The molecule has 0 aromatic heterocycles. The zero-order valence-electron chi connectivity index (χ0n) is 4.15. The molecule has 0 rings (SSSR count). The minimum absolute atomic E-state index is 0.269. The van der Waals surface area contributed by atoms with Gasteiger partial charge in [0, 0.05) is 13.0 Å². The van der Waals surface area contributed by atoms with Crippen molar-refractivity contribution in [3.63, 3.8) is 0 Å². The molecule has 0 fully saturated rings. The average molecular weight is 90.1 g/mol. The van der Waals surface area contributed by atoms with Crippen molar-refractivity contribution in [1.82, 2.24) is 0 Å². The maximum absolute atomic E-state index is 8.20. The van der Waals surface area contributed by atoms with E-state index in [0.717, 1.165) is 6.42 Å². The Bertz CT molecular complexity index is 28.7. The smallest absolute Gasteiger partial charge is 0.0837 e. The van der Waals surface area contributed by atoms with E-state index < -0.39 is 0 Å². The number of hydrogen-bond acceptors (Lipinski definition) is 1. The lowest BCUT2D eigenvalue weighted by molar-refractivity contribution is -0.415. The molecule has 38 valence electrons. The van der Waals surface area contributed by atoms with E-state index in [-0.39, 0.29) is 6.61 Å². The molecule has 0 aliphatic heterocycles. The molecule has 0 amide bonds. The lowest BCUT2D eigenvalue weighted by Gasteiger charge is -1.92. The molecule has 2 heteroatoms. The third-order valence-electron chi connectivity index (χ3n) is 0.622. The van der Waals surface area contributed by atoms with Gasteiger partial charge in [-0.2, -0.15) is 0 Å². The van der Waals surface area contributed by atoms with E-state index in [1.54, 1.807) is 0 Å². The first-order valence-corrected chi connectivity index (χ1v) is 2.21. The molecular weight excluding hydrogens is 78.0 g/mol. The Kier molecular flexibility index (Phi) is 3.08. The van der Waals surface area contributed by atoms with Gasteiger partial charge in [-0.25, -0.2) is 0 Å². The highest BCUT2D eigenvalue weighted by atomic mass is 16.3. The fourth-order valence-corrected chi connectivity index (χ4v) is 0.220. The van der Waals surface area contributed by atoms with Gasteiger partial charge in [0.25, 0.3) is 0 Å². The molecule has 0 saturated carbocycles. The summed E-state index contributed by atoms with van der Waals surface area (Å²) in [4.78, 5) is 0. The molecule has 0 saturated heterocycles. The Labute approximate surface area is 38.0 Å². The fraction of sp³-hybridized carbons (Fsp3) is 1.00. The summed E-state index contributed by atoms with van der Waals surface area (Å²) in [6.45, 7) is 2.25. The summed E-state index contributed by atoms with van der Waals surface area (Å²) in [6.07, 6.45) is 0.819. The quantitative estimate of drug-likeness (QED) is 0.449. The van der Waals surface area contributed by atoms with Gasteiger partial charge in [-0.1, -0.05) is 0 Å². The second-order valence-corrected chi connectivity index (χ2v) is 1.62. The van der Waals surface area contributed by atoms with Crippen LogP contribution in [-0.2, 0) is 0 Å². The maximum Gasteiger partial charge on any atom is 0.0837 e. The standard InChI is InChI=1S/C4H11NO/c1-4(5)2-3-6/h4,6H,2-3,5H2,1H3/p+1/t4-/m1/s1. The van der Waals surface area contributed by atoms with Gasteiger partial charge in [-0.05, 0) is 6.92 Å². The summed E-state index contributed by atoms with van der Waals surface area (Å²) >= 11 is 0. The van der Waals surface area contributed by atoms with Gasteiger partial charge >= 0.3 is 0 Å². The predicted molar refractivity (Wildman–Crippen MR) is 24.1 cm³/mol. The molecule has 0 radical (unpaired) electrons. The summed E-state index contributed by atoms with van der Waals surface area (Å²) in [5.74, 6) is 0. The number of hydrogen-bond donors (Lipinski definition) is 2. The first-order chi connectivity index (χ1) is 2.77. The Hall–Kier alpha value is -0.0800. The maximum atomic E-state index is 8.20. The SMILES string of the molecule is C[C@@H]([NH3+])CCO. The summed E-state index contributed by atoms with van der Waals surface area (Å²) in [5.41, 5.74) is 3.67. The minimum atomic E-state index is 0.269. The third-order valence-corrected chi connectivity index (χ3v) is 0.622. The van der Waals surface area contributed by atoms with Crippen molar-refractivity contribution >= 4 is 0 Å². The number of aliphatic hydroxyl groups is 1. The van der Waals surface area contributed by atoms with Crippen molar-refractivity contribution in [2.75, 3.05) is 6.61 Å². The Morgan fingerprint density at radius 2 is 2.33 bits per heavy atom. The predicted octanol–water partition coefficient (Wildman–Crippen LogP) is -1.00. The van der Waals surface area contributed by atoms with Crippen LogP contribution in [0.4, 0.5) is 0 Å². The molecule has 1 atom stereocenters. The highest BCUT2D eigenvalue weighted by Gasteiger charge is 1.90. The van der Waals surface area contributed by atoms with Crippen molar-refractivity contribution in [3.8, 4) is 0 Å². The van der Waals surface area contributed by atoms with Crippen LogP contribution in [0.25, 0.3) is 0 Å². The third kappa shape index (κ3) is 3.92. The summed E-state index contributed by atoms with van der Waals surface area (Å²) in [6, 6.07) is 0.398. The van der Waals surface area contributed by atoms with Crippen molar-refractivity contribution in [2.45, 2.75) is 19.4 Å². The number of quaternary nitrogens is 1. The highest BCUT2D eigenvalue weighted by Crippen LogP contribution is 1.76. The van der Waals surface area contributed by atoms with Gasteiger partial charge in [-0.15, -0.1) is 0 Å². The normalized spacial score (nSPS) is 14.5. The first kappa shape index (κ1) is 5.92. The monoisotopic (exact) mass is 90.1 g/mol. The first-order valence-electron chi connectivity index (χ1n) is 2.21. The molecule has 0 spiro atoms. The van der Waals surface area contributed by atoms with Gasteiger partial charge < -0.3 is 10.8 Å². The van der Waals surface area contributed by atoms with Crippen LogP contribution in [0.15, 0.2) is 0 Å². The van der Waals surface area contributed by atoms with Crippen LogP contribution in [0, 0.1) is 0 Å². The van der Waals surface area contributed by atoms with Crippen LogP contribution in [0.1, 0.15) is 13.3 Å². The van der Waals surface area contributed by atoms with Crippen LogP contribution in [-0.4, -0.2) is 17.8 Å². The van der Waals surface area contributed by atoms with Crippen LogP contribution < -0.4 is 5.73 Å². The van der Waals surface area contributed by atoms with Crippen LogP contribution >= 0.6 is 0 Å². The topological polar surface area (TPSA) is 47.9 Å². The van der Waals surface area contributed by atoms with Crippen molar-refractivity contribution in [3.05, 3.63) is 0 Å². The zero-order chi connectivity index (χ0) is 4.99. The lowest BCUT2D eigenvalue weighted by Crippen LogP contribution is -2.59. The molecule has 0 aromatic rings. The molecule has 0 heterocycles. The largest absolute Gasteiger partial charge is 0.396 e. The van der Waals surface area contributed by atoms with E-state index in [2.05, 4.69) is 5.73 Å². The van der Waals surface area contributed by atoms with E-state index in [9.17, 15) is 0 Å². The molecule has 0 aliphatic carbocycles. The van der Waals surface area contributed by atoms with Crippen LogP contribution in [0.5, 0.6) is 0 Å². The molecule has 0 unspecified atom stereocenters. The van der Waals surface area contributed by atoms with E-state index in [0.29, 0.717) is 6.04 Å². The Balaban J connectivity index is 2.63. The second-order valence-electron chi connectivity index (χ2n) is 1.62. The van der Waals surface area contributed by atoms with E-state index in [1.807, 2.05) is 6.92 Å². The molecular formula is C4H12NO+. The second kappa shape index (κ2) is 3.12. The van der Waals surface area contributed by atoms with Crippen LogP contribution in [0.2, 0.25) is 0 Å². The number of aliphatic hydroxyl groups excluding tert-OH is 1. The Morgan fingerprint density at radius 1 is 1.83 bits per heavy atom. The zero-order valence-corrected chi connectivity index (χ0v) is 4.15. The molecule has 4 N–H and O–H groups in total. The Morgan fingerprint density at radius 3 is 2.33 bits per heavy atom. The number of rotatable bonds is 2. The van der Waals surface area contributed by atoms with E-state index in [1.165, 1.54) is 0 Å². The summed E-state index contributed by atoms with van der Waals surface area (Å²) in [5, 5.41) is 8.20. The van der Waals surface area contributed by atoms with Gasteiger partial charge in [0.05, 0.1) is 6.04 Å². The molecule has 0 aliphatic rings. The van der Waals surface area contributed by atoms with Crippen molar-refractivity contribution < 1.29 is 10.8 Å². The molecule has 0 aromatic carbocycles. The molecule has 6 heavy (non-hydrogen) atoms. The van der Waals surface area contributed by atoms with Gasteiger partial charge in [0.1, 0.15) is 0 Å². The minimum Gasteiger partial charge on any atom is -0.396 e. The van der Waals surface area contributed by atoms with E-state index in [4.69, 9.17) is 5.11 Å². The van der Waals surface area contributed by atoms with Crippen LogP contribution in [0.3, 0.4) is 0 Å². The van der Waals surface area contributed by atoms with Gasteiger partial charge in [0.15, 0.2) is 0 Å². The van der Waals surface area contributed by atoms with Crippen molar-refractivity contribution in [2.24, 2.45) is 0 Å². The lowest BCUT2D eigenvalue weighted by atomic mass is 10.3. The molecule has 0 bridgehead atoms. The molecule has 2 nitrogen and oxygen atoms in total. The van der Waals surface area contributed by atoms with Gasteiger partial charge in [-0.3, -0.25) is 0 Å². The van der Waals surface area contributed by atoms with Crippen molar-refractivity contribution in [1.29, 1.82) is 0 Å². The fourth-order valence-electron chi connectivity index (χ4n) is 0.220. The summed E-state index contributed by atoms with van der Waals surface area (Å²) in [7, 11) is 0. The van der Waals surface area contributed by atoms with E-state index >= 15 is 0 Å². The van der Waals surface area contributed by atoms with Gasteiger partial charge in [0.2, 0.25) is 0 Å². The summed E-state index contributed by atoms with van der Waals surface area (Å²) < 4.78 is 0. The average Bonchev–Trinajstić information content (AvgIpc) is 1.35. The highest BCUT2D eigenvalue weighted by molar-refractivity contribution is 4.38.